The van der Waals surface area contributed by atoms with Gasteiger partial charge in [-0.15, -0.1) is 12.4 Å². The molecule has 0 atom stereocenters. The summed E-state index contributed by atoms with van der Waals surface area (Å²) in [5, 5.41) is 0. The summed E-state index contributed by atoms with van der Waals surface area (Å²) in [6.07, 6.45) is 5.16. The normalized spacial score (nSPS) is 14.3. The van der Waals surface area contributed by atoms with Crippen LogP contribution in [0.3, 0.4) is 0 Å². The standard InChI is InChI=1S/C7H7N3O.ClH/c8-7(11)5-1-3-6(10-9)4-2-5;/h1-3H,4H2,(H2,8,11);1H. The number of hydrogen-bond acceptors (Lipinski definition) is 1. The van der Waals surface area contributed by atoms with Crippen molar-refractivity contribution in [1.82, 2.24) is 0 Å². The van der Waals surface area contributed by atoms with Crippen LogP contribution in [-0.2, 0) is 4.79 Å². The molecule has 0 unspecified atom stereocenters. The van der Waals surface area contributed by atoms with Gasteiger partial charge in [0.1, 0.15) is 0 Å². The minimum atomic E-state index is -0.460. The van der Waals surface area contributed by atoms with E-state index in [1.807, 2.05) is 0 Å². The molecule has 0 aromatic carbocycles. The Balaban J connectivity index is 0.00000121. The quantitative estimate of drug-likeness (QED) is 0.467. The van der Waals surface area contributed by atoms with Crippen molar-refractivity contribution in [2.45, 2.75) is 6.42 Å². The van der Waals surface area contributed by atoms with Crippen LogP contribution in [0.4, 0.5) is 0 Å². The van der Waals surface area contributed by atoms with Gasteiger partial charge in [-0.05, 0) is 6.08 Å². The zero-order valence-corrected chi connectivity index (χ0v) is 7.04. The molecule has 0 aliphatic heterocycles. The number of carbonyl (C=O) groups is 1. The van der Waals surface area contributed by atoms with Crippen LogP contribution in [0.15, 0.2) is 23.8 Å². The summed E-state index contributed by atoms with van der Waals surface area (Å²) >= 11 is 0. The number of nitrogens with zero attached hydrogens (tertiary/aromatic N) is 2. The third kappa shape index (κ3) is 2.34. The Kier molecular flexibility index (Phi) is 3.97. The molecule has 0 spiro atoms. The van der Waals surface area contributed by atoms with Gasteiger partial charge in [0.25, 0.3) is 5.71 Å². The molecule has 0 saturated heterocycles. The fourth-order valence-corrected chi connectivity index (χ4v) is 0.793. The number of allylic oxidation sites excluding steroid dienone is 2. The minimum absolute atomic E-state index is 0. The van der Waals surface area contributed by atoms with Gasteiger partial charge in [-0.2, -0.15) is 4.79 Å². The van der Waals surface area contributed by atoms with Crippen molar-refractivity contribution >= 4 is 24.0 Å². The first-order valence-corrected chi connectivity index (χ1v) is 3.13. The van der Waals surface area contributed by atoms with Crippen molar-refractivity contribution in [3.8, 4) is 0 Å². The van der Waals surface area contributed by atoms with Crippen molar-refractivity contribution < 1.29 is 9.58 Å². The maximum absolute atomic E-state index is 10.5. The molecule has 4 nitrogen and oxygen atoms in total. The fourth-order valence-electron chi connectivity index (χ4n) is 0.793. The highest BCUT2D eigenvalue weighted by Crippen LogP contribution is 2.05. The van der Waals surface area contributed by atoms with E-state index >= 15 is 0 Å². The van der Waals surface area contributed by atoms with Crippen LogP contribution in [0.5, 0.6) is 0 Å². The molecule has 0 aromatic heterocycles. The molecule has 5 heteroatoms. The van der Waals surface area contributed by atoms with E-state index in [-0.39, 0.29) is 12.4 Å². The van der Waals surface area contributed by atoms with Crippen molar-refractivity contribution in [1.29, 1.82) is 0 Å². The highest BCUT2D eigenvalue weighted by atomic mass is 35.5. The summed E-state index contributed by atoms with van der Waals surface area (Å²) in [7, 11) is 0. The van der Waals surface area contributed by atoms with Gasteiger partial charge in [-0.3, -0.25) is 4.79 Å². The van der Waals surface area contributed by atoms with Gasteiger partial charge in [-0.25, -0.2) is 0 Å². The number of primary amides is 1. The lowest BCUT2D eigenvalue weighted by molar-refractivity contribution is -0.114. The van der Waals surface area contributed by atoms with Crippen molar-refractivity contribution in [3.05, 3.63) is 29.3 Å². The molecule has 2 N–H and O–H groups in total. The third-order valence-corrected chi connectivity index (χ3v) is 1.40. The summed E-state index contributed by atoms with van der Waals surface area (Å²) in [5.41, 5.74) is 14.3. The average molecular weight is 186 g/mol. The van der Waals surface area contributed by atoms with Gasteiger partial charge in [0, 0.05) is 11.6 Å². The van der Waals surface area contributed by atoms with E-state index < -0.39 is 5.91 Å². The Morgan fingerprint density at radius 3 is 2.58 bits per heavy atom. The first-order chi connectivity index (χ1) is 5.24. The van der Waals surface area contributed by atoms with Crippen LogP contribution >= 0.6 is 12.4 Å². The average Bonchev–Trinajstić information content (AvgIpc) is 2.05. The molecule has 1 aliphatic carbocycles. The van der Waals surface area contributed by atoms with Crippen molar-refractivity contribution in [2.24, 2.45) is 5.73 Å². The van der Waals surface area contributed by atoms with Crippen molar-refractivity contribution in [3.63, 3.8) is 0 Å². The van der Waals surface area contributed by atoms with E-state index in [1.165, 1.54) is 6.08 Å². The number of hydrogen-bond donors (Lipinski definition) is 1. The summed E-state index contributed by atoms with van der Waals surface area (Å²) in [6.45, 7) is 0. The van der Waals surface area contributed by atoms with E-state index in [0.29, 0.717) is 17.7 Å². The molecule has 1 rings (SSSR count). The molecule has 0 aromatic rings. The van der Waals surface area contributed by atoms with Crippen LogP contribution in [-0.4, -0.2) is 16.4 Å². The van der Waals surface area contributed by atoms with Crippen LogP contribution in [0.25, 0.3) is 5.53 Å². The smallest absolute Gasteiger partial charge is 0.295 e. The Hall–Kier alpha value is -1.38. The molecular weight excluding hydrogens is 178 g/mol. The second-order valence-electron chi connectivity index (χ2n) is 2.15. The third-order valence-electron chi connectivity index (χ3n) is 1.40. The maximum Gasteiger partial charge on any atom is 0.295 e. The number of rotatable bonds is 1. The summed E-state index contributed by atoms with van der Waals surface area (Å²) < 4.78 is 0. The Morgan fingerprint density at radius 1 is 1.58 bits per heavy atom. The molecule has 0 fully saturated rings. The van der Waals surface area contributed by atoms with E-state index in [0.717, 1.165) is 0 Å². The van der Waals surface area contributed by atoms with E-state index in [9.17, 15) is 4.79 Å². The lowest BCUT2D eigenvalue weighted by Gasteiger charge is -1.97. The van der Waals surface area contributed by atoms with Crippen LogP contribution in [0.1, 0.15) is 6.42 Å². The van der Waals surface area contributed by atoms with Gasteiger partial charge < -0.3 is 11.3 Å². The number of nitrogens with two attached hydrogens (primary N) is 1. The van der Waals surface area contributed by atoms with Crippen LogP contribution in [0, 0.1) is 0 Å². The lowest BCUT2D eigenvalue weighted by Crippen LogP contribution is -2.14. The zero-order chi connectivity index (χ0) is 8.27. The minimum Gasteiger partial charge on any atom is -0.366 e. The van der Waals surface area contributed by atoms with Gasteiger partial charge in [0.15, 0.2) is 0 Å². The fraction of sp³-hybridized carbons (Fsp3) is 0.143. The molecule has 0 saturated carbocycles. The van der Waals surface area contributed by atoms with E-state index in [4.69, 9.17) is 11.3 Å². The van der Waals surface area contributed by atoms with E-state index in [2.05, 4.69) is 4.79 Å². The number of halogens is 1. The molecule has 64 valence electrons. The van der Waals surface area contributed by atoms with Gasteiger partial charge in [0.2, 0.25) is 5.91 Å². The van der Waals surface area contributed by atoms with Gasteiger partial charge in [0.05, 0.1) is 6.42 Å². The summed E-state index contributed by atoms with van der Waals surface area (Å²) in [6, 6.07) is 0. The summed E-state index contributed by atoms with van der Waals surface area (Å²) in [4.78, 5) is 13.5. The molecule has 1 amide bonds. The molecular formula is C7H8ClN3O. The second-order valence-corrected chi connectivity index (χ2v) is 2.15. The highest BCUT2D eigenvalue weighted by molar-refractivity contribution is 6.01. The predicted octanol–water partition coefficient (Wildman–Crippen LogP) is 0.451. The maximum atomic E-state index is 10.5. The van der Waals surface area contributed by atoms with Crippen molar-refractivity contribution in [2.75, 3.05) is 0 Å². The molecule has 0 heterocycles. The largest absolute Gasteiger partial charge is 0.366 e. The SMILES string of the molecule is Cl.[N-]=[N+]=C1C=CC(C(N)=O)=CC1. The topological polar surface area (TPSA) is 79.5 Å². The van der Waals surface area contributed by atoms with Gasteiger partial charge in [-0.1, -0.05) is 6.08 Å². The first kappa shape index (κ1) is 10.6. The molecule has 0 radical (unpaired) electrons. The predicted molar refractivity (Wildman–Crippen MR) is 46.9 cm³/mol. The van der Waals surface area contributed by atoms with Gasteiger partial charge >= 0.3 is 0 Å². The Bertz CT molecular complexity index is 300. The molecule has 12 heavy (non-hydrogen) atoms. The highest BCUT2D eigenvalue weighted by Gasteiger charge is 2.10. The monoisotopic (exact) mass is 185 g/mol. The number of carbonyl (C=O) groups excluding carboxylic acids is 1. The second kappa shape index (κ2) is 4.49. The van der Waals surface area contributed by atoms with Crippen LogP contribution < -0.4 is 5.73 Å². The molecule has 0 bridgehead atoms. The lowest BCUT2D eigenvalue weighted by atomic mass is 10.1. The molecule has 1 aliphatic rings. The first-order valence-electron chi connectivity index (χ1n) is 3.13. The number of amides is 1. The van der Waals surface area contributed by atoms with Crippen LogP contribution in [0.2, 0.25) is 0 Å². The van der Waals surface area contributed by atoms with E-state index in [1.54, 1.807) is 12.2 Å². The zero-order valence-electron chi connectivity index (χ0n) is 6.23. The Morgan fingerprint density at radius 2 is 2.25 bits per heavy atom. The Labute approximate surface area is 75.8 Å². The summed E-state index contributed by atoms with van der Waals surface area (Å²) in [5.74, 6) is -0.460.